The van der Waals surface area contributed by atoms with E-state index in [9.17, 15) is 9.90 Å². The van der Waals surface area contributed by atoms with E-state index in [1.54, 1.807) is 0 Å². The van der Waals surface area contributed by atoms with Crippen LogP contribution in [0, 0.1) is 5.41 Å². The fourth-order valence-electron chi connectivity index (χ4n) is 3.37. The minimum atomic E-state index is -0.388. The van der Waals surface area contributed by atoms with Gasteiger partial charge in [0.05, 0.1) is 0 Å². The van der Waals surface area contributed by atoms with Gasteiger partial charge in [-0.05, 0) is 81.4 Å². The lowest BCUT2D eigenvalue weighted by Crippen LogP contribution is -2.23. The molecule has 0 atom stereocenters. The Balaban J connectivity index is 2.28. The fraction of sp³-hybridized carbons (Fsp3) is 0.708. The molecule has 1 rings (SSSR count). The number of hydrogen-bond donors (Lipinski definition) is 1. The van der Waals surface area contributed by atoms with Gasteiger partial charge in [0.1, 0.15) is 11.4 Å². The molecule has 0 saturated carbocycles. The lowest BCUT2D eigenvalue weighted by Gasteiger charge is -2.22. The smallest absolute Gasteiger partial charge is 0.293 e. The Hall–Kier alpha value is -1.51. The minimum Gasteiger partial charge on any atom is -0.508 e. The van der Waals surface area contributed by atoms with Crippen molar-refractivity contribution in [3.63, 3.8) is 0 Å². The molecule has 0 saturated heterocycles. The Morgan fingerprint density at radius 2 is 1.52 bits per heavy atom. The lowest BCUT2D eigenvalue weighted by molar-refractivity contribution is -0.140. The Morgan fingerprint density at radius 3 is 2.15 bits per heavy atom. The van der Waals surface area contributed by atoms with Crippen LogP contribution in [0.5, 0.6) is 5.75 Å². The van der Waals surface area contributed by atoms with Crippen LogP contribution in [0.2, 0.25) is 0 Å². The van der Waals surface area contributed by atoms with E-state index in [1.807, 2.05) is 19.9 Å². The Kier molecular flexibility index (Phi) is 9.90. The molecule has 1 N–H and O–H groups in total. The van der Waals surface area contributed by atoms with Gasteiger partial charge in [-0.3, -0.25) is 4.79 Å². The molecular formula is C24H40O3. The number of rotatable bonds is 13. The molecule has 3 heteroatoms. The SMILES string of the molecule is CC(C)(C)CCCCCCc1ccc(CCCCC(C)(C)OC=O)cc1O. The summed E-state index contributed by atoms with van der Waals surface area (Å²) in [5.41, 5.74) is 2.29. The summed E-state index contributed by atoms with van der Waals surface area (Å²) in [6.07, 6.45) is 11.0. The summed E-state index contributed by atoms with van der Waals surface area (Å²) in [5, 5.41) is 10.3. The highest BCUT2D eigenvalue weighted by atomic mass is 16.5. The third-order valence-electron chi connectivity index (χ3n) is 5.13. The molecule has 0 aliphatic heterocycles. The number of hydrogen-bond acceptors (Lipinski definition) is 3. The number of aromatic hydroxyl groups is 1. The van der Waals surface area contributed by atoms with Crippen molar-refractivity contribution >= 4 is 6.47 Å². The van der Waals surface area contributed by atoms with Crippen molar-refractivity contribution in [2.75, 3.05) is 0 Å². The normalized spacial score (nSPS) is 12.2. The second-order valence-corrected chi connectivity index (χ2v) is 9.62. The Morgan fingerprint density at radius 1 is 0.889 bits per heavy atom. The third-order valence-corrected chi connectivity index (χ3v) is 5.13. The highest BCUT2D eigenvalue weighted by Gasteiger charge is 2.17. The van der Waals surface area contributed by atoms with Crippen molar-refractivity contribution in [3.05, 3.63) is 29.3 Å². The van der Waals surface area contributed by atoms with E-state index in [-0.39, 0.29) is 5.60 Å². The van der Waals surface area contributed by atoms with Gasteiger partial charge >= 0.3 is 0 Å². The van der Waals surface area contributed by atoms with Crippen LogP contribution in [0.25, 0.3) is 0 Å². The summed E-state index contributed by atoms with van der Waals surface area (Å²) in [6, 6.07) is 6.14. The second-order valence-electron chi connectivity index (χ2n) is 9.62. The van der Waals surface area contributed by atoms with Gasteiger partial charge in [-0.25, -0.2) is 0 Å². The molecule has 0 heterocycles. The summed E-state index contributed by atoms with van der Waals surface area (Å²) in [4.78, 5) is 10.5. The van der Waals surface area contributed by atoms with Gasteiger partial charge in [-0.2, -0.15) is 0 Å². The van der Waals surface area contributed by atoms with E-state index in [0.717, 1.165) is 44.1 Å². The quantitative estimate of drug-likeness (QED) is 0.312. The van der Waals surface area contributed by atoms with Crippen molar-refractivity contribution in [3.8, 4) is 5.75 Å². The molecule has 0 amide bonds. The van der Waals surface area contributed by atoms with E-state index in [1.165, 1.54) is 31.2 Å². The van der Waals surface area contributed by atoms with Crippen molar-refractivity contribution in [1.82, 2.24) is 0 Å². The number of phenols is 1. The molecule has 1 aromatic carbocycles. The minimum absolute atomic E-state index is 0.388. The maximum absolute atomic E-state index is 10.5. The maximum Gasteiger partial charge on any atom is 0.293 e. The monoisotopic (exact) mass is 376 g/mol. The second kappa shape index (κ2) is 11.4. The zero-order valence-electron chi connectivity index (χ0n) is 18.1. The lowest BCUT2D eigenvalue weighted by atomic mass is 9.89. The number of unbranched alkanes of at least 4 members (excludes halogenated alkanes) is 4. The number of carbonyl (C=O) groups excluding carboxylic acids is 1. The van der Waals surface area contributed by atoms with Gasteiger partial charge < -0.3 is 9.84 Å². The fourth-order valence-corrected chi connectivity index (χ4v) is 3.37. The molecule has 0 aromatic heterocycles. The number of ether oxygens (including phenoxy) is 1. The van der Waals surface area contributed by atoms with E-state index in [4.69, 9.17) is 4.74 Å². The number of phenolic OH excluding ortho intramolecular Hbond substituents is 1. The van der Waals surface area contributed by atoms with Crippen LogP contribution in [0.15, 0.2) is 18.2 Å². The van der Waals surface area contributed by atoms with Crippen molar-refractivity contribution in [1.29, 1.82) is 0 Å². The summed E-state index contributed by atoms with van der Waals surface area (Å²) in [5.74, 6) is 0.437. The first-order valence-electron chi connectivity index (χ1n) is 10.6. The summed E-state index contributed by atoms with van der Waals surface area (Å²) < 4.78 is 5.07. The van der Waals surface area contributed by atoms with Crippen LogP contribution in [-0.4, -0.2) is 17.2 Å². The summed E-state index contributed by atoms with van der Waals surface area (Å²) in [7, 11) is 0. The third kappa shape index (κ3) is 11.0. The highest BCUT2D eigenvalue weighted by Crippen LogP contribution is 2.25. The number of benzene rings is 1. The molecule has 0 fully saturated rings. The molecule has 154 valence electrons. The van der Waals surface area contributed by atoms with Gasteiger partial charge in [-0.15, -0.1) is 0 Å². The number of aryl methyl sites for hydroxylation is 2. The van der Waals surface area contributed by atoms with Crippen molar-refractivity contribution in [2.45, 2.75) is 104 Å². The zero-order valence-corrected chi connectivity index (χ0v) is 18.1. The van der Waals surface area contributed by atoms with Gasteiger partial charge in [0.15, 0.2) is 0 Å². The average molecular weight is 377 g/mol. The zero-order chi connectivity index (χ0) is 20.3. The molecule has 0 spiro atoms. The average Bonchev–Trinajstić information content (AvgIpc) is 2.55. The first-order valence-corrected chi connectivity index (χ1v) is 10.6. The molecule has 0 bridgehead atoms. The van der Waals surface area contributed by atoms with Crippen LogP contribution in [0.3, 0.4) is 0 Å². The topological polar surface area (TPSA) is 46.5 Å². The van der Waals surface area contributed by atoms with Gasteiger partial charge in [-0.1, -0.05) is 52.2 Å². The van der Waals surface area contributed by atoms with Gasteiger partial charge in [0.25, 0.3) is 6.47 Å². The molecule has 3 nitrogen and oxygen atoms in total. The van der Waals surface area contributed by atoms with Crippen LogP contribution < -0.4 is 0 Å². The van der Waals surface area contributed by atoms with E-state index in [2.05, 4.69) is 32.9 Å². The van der Waals surface area contributed by atoms with Crippen LogP contribution in [0.1, 0.15) is 97.1 Å². The summed E-state index contributed by atoms with van der Waals surface area (Å²) >= 11 is 0. The Bertz CT molecular complexity index is 555. The molecule has 0 unspecified atom stereocenters. The first kappa shape index (κ1) is 23.5. The van der Waals surface area contributed by atoms with Crippen LogP contribution >= 0.6 is 0 Å². The van der Waals surface area contributed by atoms with Crippen molar-refractivity contribution < 1.29 is 14.6 Å². The van der Waals surface area contributed by atoms with Crippen LogP contribution in [-0.2, 0) is 22.4 Å². The highest BCUT2D eigenvalue weighted by molar-refractivity contribution is 5.38. The molecule has 1 aromatic rings. The molecular weight excluding hydrogens is 336 g/mol. The first-order chi connectivity index (χ1) is 12.6. The number of carbonyl (C=O) groups is 1. The standard InChI is InChI=1S/C24H40O3/c1-23(2,3)16-10-7-6-8-13-21-15-14-20(18-22(21)26)12-9-11-17-24(4,5)27-19-25/h14-15,18-19,26H,6-13,16-17H2,1-5H3. The van der Waals surface area contributed by atoms with Crippen LogP contribution in [0.4, 0.5) is 0 Å². The predicted octanol–water partition coefficient (Wildman–Crippen LogP) is 6.60. The van der Waals surface area contributed by atoms with E-state index >= 15 is 0 Å². The molecule has 27 heavy (non-hydrogen) atoms. The molecule has 0 aliphatic rings. The van der Waals surface area contributed by atoms with Gasteiger partial charge in [0, 0.05) is 0 Å². The van der Waals surface area contributed by atoms with Crippen molar-refractivity contribution in [2.24, 2.45) is 5.41 Å². The Labute approximate surface area is 166 Å². The van der Waals surface area contributed by atoms with Gasteiger partial charge in [0.2, 0.25) is 0 Å². The maximum atomic E-state index is 10.5. The predicted molar refractivity (Wildman–Crippen MR) is 113 cm³/mol. The van der Waals surface area contributed by atoms with E-state index in [0.29, 0.717) is 17.6 Å². The summed E-state index contributed by atoms with van der Waals surface area (Å²) in [6.45, 7) is 11.3. The molecule has 0 aliphatic carbocycles. The van der Waals surface area contributed by atoms with E-state index < -0.39 is 0 Å². The molecule has 0 radical (unpaired) electrons. The largest absolute Gasteiger partial charge is 0.508 e.